The molecule has 1 unspecified atom stereocenters. The number of aryl methyl sites for hydroxylation is 1. The van der Waals surface area contributed by atoms with E-state index in [1.807, 2.05) is 30.6 Å². The van der Waals surface area contributed by atoms with Gasteiger partial charge in [-0.3, -0.25) is 4.99 Å². The van der Waals surface area contributed by atoms with Gasteiger partial charge in [-0.05, 0) is 36.6 Å². The highest BCUT2D eigenvalue weighted by Gasteiger charge is 2.09. The lowest BCUT2D eigenvalue weighted by Crippen LogP contribution is -2.28. The highest BCUT2D eigenvalue weighted by Crippen LogP contribution is 2.24. The number of benzene rings is 2. The summed E-state index contributed by atoms with van der Waals surface area (Å²) in [4.78, 5) is 11.1. The normalized spacial score (nSPS) is 13.5. The monoisotopic (exact) mass is 386 g/mol. The van der Waals surface area contributed by atoms with Crippen LogP contribution in [0.25, 0.3) is 21.8 Å². The molecule has 0 aliphatic heterocycles. The molecule has 29 heavy (non-hydrogen) atoms. The van der Waals surface area contributed by atoms with E-state index in [-0.39, 0.29) is 5.92 Å². The van der Waals surface area contributed by atoms with Crippen molar-refractivity contribution < 1.29 is 0 Å². The second kappa shape index (κ2) is 8.22. The molecule has 2 aromatic heterocycles. The van der Waals surface area contributed by atoms with Gasteiger partial charge >= 0.3 is 0 Å². The van der Waals surface area contributed by atoms with Gasteiger partial charge in [-0.15, -0.1) is 0 Å². The first kappa shape index (κ1) is 18.8. The Morgan fingerprint density at radius 3 is 2.66 bits per heavy atom. The fraction of sp³-hybridized carbons (Fsp3) is 0.217. The van der Waals surface area contributed by atoms with Gasteiger partial charge < -0.3 is 15.7 Å². The molecule has 0 bridgehead atoms. The van der Waals surface area contributed by atoms with Crippen LogP contribution in [0.5, 0.6) is 0 Å². The number of rotatable bonds is 6. The van der Waals surface area contributed by atoms with Crippen LogP contribution in [0.3, 0.4) is 0 Å². The van der Waals surface area contributed by atoms with E-state index in [0.29, 0.717) is 12.5 Å². The van der Waals surface area contributed by atoms with E-state index in [1.54, 1.807) is 0 Å². The summed E-state index contributed by atoms with van der Waals surface area (Å²) in [5, 5.41) is 6.72. The van der Waals surface area contributed by atoms with E-state index in [0.717, 1.165) is 17.5 Å². The van der Waals surface area contributed by atoms with Crippen LogP contribution in [-0.2, 0) is 6.42 Å². The molecule has 0 saturated carbocycles. The Hall–Kier alpha value is -3.54. The van der Waals surface area contributed by atoms with Crippen molar-refractivity contribution in [3.05, 3.63) is 71.5 Å². The molecule has 2 heterocycles. The number of fused-ring (bicyclic) bond motifs is 2. The Morgan fingerprint density at radius 1 is 1.10 bits per heavy atom. The molecule has 0 fully saturated rings. The summed E-state index contributed by atoms with van der Waals surface area (Å²) in [6.45, 7) is 4.81. The summed E-state index contributed by atoms with van der Waals surface area (Å²) in [5.74, 6) is 0.477. The van der Waals surface area contributed by atoms with E-state index in [2.05, 4.69) is 69.7 Å². The van der Waals surface area contributed by atoms with Crippen LogP contribution < -0.4 is 11.2 Å². The third kappa shape index (κ3) is 4.01. The molecule has 148 valence electrons. The van der Waals surface area contributed by atoms with E-state index in [4.69, 9.17) is 5.73 Å². The SMILES string of the molecule is Cc1[nH]c2ccccc2c1CCN=C(N)NN=CC(C)c1c[nH]c2ccccc12. The molecule has 0 spiro atoms. The van der Waals surface area contributed by atoms with E-state index < -0.39 is 0 Å². The van der Waals surface area contributed by atoms with Crippen molar-refractivity contribution in [1.82, 2.24) is 15.4 Å². The quantitative estimate of drug-likeness (QED) is 0.227. The smallest absolute Gasteiger partial charge is 0.209 e. The molecule has 2 aromatic carbocycles. The Morgan fingerprint density at radius 2 is 1.83 bits per heavy atom. The molecule has 0 radical (unpaired) electrons. The second-order valence-electron chi connectivity index (χ2n) is 7.26. The highest BCUT2D eigenvalue weighted by molar-refractivity contribution is 5.88. The maximum Gasteiger partial charge on any atom is 0.209 e. The Balaban J connectivity index is 1.34. The lowest BCUT2D eigenvalue weighted by Gasteiger charge is -2.05. The minimum Gasteiger partial charge on any atom is -0.369 e. The van der Waals surface area contributed by atoms with Crippen LogP contribution in [0.4, 0.5) is 0 Å². The molecule has 0 aliphatic carbocycles. The molecule has 0 amide bonds. The van der Waals surface area contributed by atoms with Gasteiger partial charge in [-0.1, -0.05) is 43.3 Å². The van der Waals surface area contributed by atoms with Crippen molar-refractivity contribution in [2.75, 3.05) is 6.54 Å². The van der Waals surface area contributed by atoms with Gasteiger partial charge in [0.25, 0.3) is 0 Å². The standard InChI is InChI=1S/C23H26N6/c1-15(20-14-26-21-9-5-3-8-19(20)21)13-27-29-23(24)25-12-11-17-16(2)28-22-10-6-4-7-18(17)22/h3-10,13-15,26,28H,11-12H2,1-2H3,(H3,24,25,29). The second-order valence-corrected chi connectivity index (χ2v) is 7.26. The van der Waals surface area contributed by atoms with Crippen molar-refractivity contribution in [2.24, 2.45) is 15.8 Å². The summed E-state index contributed by atoms with van der Waals surface area (Å²) in [6, 6.07) is 16.6. The summed E-state index contributed by atoms with van der Waals surface area (Å²) in [7, 11) is 0. The zero-order valence-corrected chi connectivity index (χ0v) is 16.7. The fourth-order valence-corrected chi connectivity index (χ4v) is 3.75. The third-order valence-electron chi connectivity index (χ3n) is 5.26. The Bertz CT molecular complexity index is 1180. The minimum absolute atomic E-state index is 0.153. The number of hydrogen-bond acceptors (Lipinski definition) is 2. The number of hydrogen-bond donors (Lipinski definition) is 4. The van der Waals surface area contributed by atoms with Crippen LogP contribution in [0.2, 0.25) is 0 Å². The zero-order valence-electron chi connectivity index (χ0n) is 16.7. The average molecular weight is 387 g/mol. The number of aromatic amines is 2. The van der Waals surface area contributed by atoms with Gasteiger partial charge in [-0.25, -0.2) is 5.43 Å². The van der Waals surface area contributed by atoms with Crippen molar-refractivity contribution in [2.45, 2.75) is 26.2 Å². The van der Waals surface area contributed by atoms with Gasteiger partial charge in [0.1, 0.15) is 0 Å². The van der Waals surface area contributed by atoms with Crippen LogP contribution in [0, 0.1) is 6.92 Å². The molecule has 5 N–H and O–H groups in total. The highest BCUT2D eigenvalue weighted by atomic mass is 15.3. The third-order valence-corrected chi connectivity index (χ3v) is 5.26. The first-order valence-corrected chi connectivity index (χ1v) is 9.85. The number of H-pyrrole nitrogens is 2. The van der Waals surface area contributed by atoms with Crippen LogP contribution in [0.15, 0.2) is 64.8 Å². The number of aliphatic imine (C=N–C) groups is 1. The molecule has 0 saturated heterocycles. The summed E-state index contributed by atoms with van der Waals surface area (Å²) in [6.07, 6.45) is 4.71. The molecular weight excluding hydrogens is 360 g/mol. The summed E-state index contributed by atoms with van der Waals surface area (Å²) < 4.78 is 0. The van der Waals surface area contributed by atoms with Crippen molar-refractivity contribution >= 4 is 34.0 Å². The van der Waals surface area contributed by atoms with Gasteiger partial charge in [0.2, 0.25) is 5.96 Å². The average Bonchev–Trinajstić information content (AvgIpc) is 3.29. The number of para-hydroxylation sites is 2. The number of hydrazone groups is 1. The van der Waals surface area contributed by atoms with Crippen molar-refractivity contribution in [1.29, 1.82) is 0 Å². The summed E-state index contributed by atoms with van der Waals surface area (Å²) >= 11 is 0. The molecule has 4 rings (SSSR count). The number of guanidine groups is 1. The number of nitrogens with two attached hydrogens (primary N) is 1. The first-order valence-electron chi connectivity index (χ1n) is 9.85. The molecule has 1 atom stereocenters. The first-order chi connectivity index (χ1) is 14.1. The van der Waals surface area contributed by atoms with Crippen LogP contribution >= 0.6 is 0 Å². The largest absolute Gasteiger partial charge is 0.369 e. The predicted octanol–water partition coefficient (Wildman–Crippen LogP) is 4.19. The fourth-order valence-electron chi connectivity index (χ4n) is 3.75. The van der Waals surface area contributed by atoms with Crippen LogP contribution in [0.1, 0.15) is 29.7 Å². The Kier molecular flexibility index (Phi) is 5.33. The van der Waals surface area contributed by atoms with E-state index in [1.165, 1.54) is 27.6 Å². The van der Waals surface area contributed by atoms with Gasteiger partial charge in [-0.2, -0.15) is 5.10 Å². The van der Waals surface area contributed by atoms with E-state index in [9.17, 15) is 0 Å². The predicted molar refractivity (Wildman–Crippen MR) is 122 cm³/mol. The number of nitrogens with one attached hydrogen (secondary N) is 3. The van der Waals surface area contributed by atoms with Gasteiger partial charge in [0.05, 0.1) is 0 Å². The molecule has 6 heteroatoms. The maximum absolute atomic E-state index is 5.97. The maximum atomic E-state index is 5.97. The van der Waals surface area contributed by atoms with E-state index >= 15 is 0 Å². The van der Waals surface area contributed by atoms with Crippen molar-refractivity contribution in [3.8, 4) is 0 Å². The lowest BCUT2D eigenvalue weighted by molar-refractivity contribution is 0.915. The molecule has 0 aliphatic rings. The summed E-state index contributed by atoms with van der Waals surface area (Å²) in [5.41, 5.74) is 14.8. The zero-order chi connectivity index (χ0) is 20.2. The van der Waals surface area contributed by atoms with Crippen molar-refractivity contribution in [3.63, 3.8) is 0 Å². The topological polar surface area (TPSA) is 94.3 Å². The van der Waals surface area contributed by atoms with Crippen LogP contribution in [-0.4, -0.2) is 28.7 Å². The molecule has 4 aromatic rings. The van der Waals surface area contributed by atoms with Gasteiger partial charge in [0.15, 0.2) is 0 Å². The van der Waals surface area contributed by atoms with Gasteiger partial charge in [0, 0.05) is 52.4 Å². The minimum atomic E-state index is 0.153. The Labute approximate surface area is 169 Å². The number of nitrogens with zero attached hydrogens (tertiary/aromatic N) is 2. The molecular formula is C23H26N6. The molecule has 6 nitrogen and oxygen atoms in total. The number of aromatic nitrogens is 2. The lowest BCUT2D eigenvalue weighted by atomic mass is 10.0.